The van der Waals surface area contributed by atoms with Crippen molar-refractivity contribution in [2.75, 3.05) is 7.11 Å². The van der Waals surface area contributed by atoms with E-state index >= 15 is 0 Å². The van der Waals surface area contributed by atoms with E-state index in [0.29, 0.717) is 12.8 Å². The molecule has 1 aliphatic rings. The molecule has 0 amide bonds. The molecule has 0 heterocycles. The number of rotatable bonds is 3. The van der Waals surface area contributed by atoms with Gasteiger partial charge in [0.05, 0.1) is 7.11 Å². The van der Waals surface area contributed by atoms with E-state index in [-0.39, 0.29) is 11.6 Å². The van der Waals surface area contributed by atoms with Crippen molar-refractivity contribution in [2.45, 2.75) is 19.8 Å². The summed E-state index contributed by atoms with van der Waals surface area (Å²) >= 11 is 0. The first-order valence-electron chi connectivity index (χ1n) is 6.01. The van der Waals surface area contributed by atoms with Gasteiger partial charge in [-0.3, -0.25) is 9.59 Å². The fourth-order valence-corrected chi connectivity index (χ4v) is 2.32. The second-order valence-corrected chi connectivity index (χ2v) is 4.44. The Morgan fingerprint density at radius 1 is 1.28 bits per heavy atom. The summed E-state index contributed by atoms with van der Waals surface area (Å²) in [6.07, 6.45) is 3.17. The van der Waals surface area contributed by atoms with E-state index in [0.717, 1.165) is 16.9 Å². The van der Waals surface area contributed by atoms with Gasteiger partial charge in [0.2, 0.25) is 0 Å². The predicted molar refractivity (Wildman–Crippen MR) is 69.4 cm³/mol. The van der Waals surface area contributed by atoms with E-state index in [4.69, 9.17) is 4.74 Å². The Kier molecular flexibility index (Phi) is 3.60. The highest BCUT2D eigenvalue weighted by atomic mass is 16.5. The summed E-state index contributed by atoms with van der Waals surface area (Å²) in [5.41, 5.74) is 1.76. The van der Waals surface area contributed by atoms with Crippen LogP contribution in [0.3, 0.4) is 0 Å². The number of allylic oxidation sites excluding steroid dienone is 2. The lowest BCUT2D eigenvalue weighted by Gasteiger charge is -2.21. The molecule has 3 nitrogen and oxygen atoms in total. The maximum atomic E-state index is 11.9. The Morgan fingerprint density at radius 2 is 1.94 bits per heavy atom. The second-order valence-electron chi connectivity index (χ2n) is 4.44. The Labute approximate surface area is 106 Å². The molecule has 0 saturated heterocycles. The van der Waals surface area contributed by atoms with Crippen LogP contribution in [0.5, 0.6) is 5.75 Å². The van der Waals surface area contributed by atoms with E-state index < -0.39 is 5.92 Å². The maximum absolute atomic E-state index is 11.9. The summed E-state index contributed by atoms with van der Waals surface area (Å²) in [6.45, 7) is 1.48. The number of carbonyl (C=O) groups excluding carboxylic acids is 2. The highest BCUT2D eigenvalue weighted by Gasteiger charge is 2.30. The van der Waals surface area contributed by atoms with Crippen molar-refractivity contribution >= 4 is 17.1 Å². The van der Waals surface area contributed by atoms with Gasteiger partial charge >= 0.3 is 0 Å². The summed E-state index contributed by atoms with van der Waals surface area (Å²) in [6, 6.07) is 7.46. The summed E-state index contributed by atoms with van der Waals surface area (Å²) in [5, 5.41) is 0. The van der Waals surface area contributed by atoms with Crippen molar-refractivity contribution < 1.29 is 14.3 Å². The Bertz CT molecular complexity index is 497. The second kappa shape index (κ2) is 5.17. The fourth-order valence-electron chi connectivity index (χ4n) is 2.32. The van der Waals surface area contributed by atoms with Gasteiger partial charge in [0, 0.05) is 6.42 Å². The molecular formula is C15H16O3. The van der Waals surface area contributed by atoms with Crippen LogP contribution in [0.25, 0.3) is 5.57 Å². The number of methoxy groups -OCH3 is 1. The van der Waals surface area contributed by atoms with Crippen LogP contribution in [0.15, 0.2) is 30.3 Å². The molecule has 0 N–H and O–H groups in total. The largest absolute Gasteiger partial charge is 0.497 e. The number of hydrogen-bond donors (Lipinski definition) is 0. The maximum Gasteiger partial charge on any atom is 0.148 e. The highest BCUT2D eigenvalue weighted by molar-refractivity contribution is 6.12. The molecule has 0 radical (unpaired) electrons. The average molecular weight is 244 g/mol. The first-order chi connectivity index (χ1) is 8.63. The quantitative estimate of drug-likeness (QED) is 0.768. The zero-order valence-corrected chi connectivity index (χ0v) is 10.6. The number of Topliss-reactive ketones (excluding diaryl/α,β-unsaturated/α-hetero) is 2. The van der Waals surface area contributed by atoms with E-state index in [1.165, 1.54) is 6.92 Å². The number of hydrogen-bond acceptors (Lipinski definition) is 3. The van der Waals surface area contributed by atoms with Gasteiger partial charge in [-0.15, -0.1) is 0 Å². The molecule has 0 aromatic heterocycles. The first kappa shape index (κ1) is 12.6. The van der Waals surface area contributed by atoms with Crippen LogP contribution in [0.2, 0.25) is 0 Å². The average Bonchev–Trinajstić information content (AvgIpc) is 2.38. The molecule has 2 rings (SSSR count). The number of benzene rings is 1. The zero-order valence-electron chi connectivity index (χ0n) is 10.6. The molecule has 1 unspecified atom stereocenters. The molecule has 94 valence electrons. The molecule has 0 bridgehead atoms. The standard InChI is InChI=1S/C15H16O3/c1-10(16)15-13(4-3-5-14(15)17)11-6-8-12(18-2)9-7-11/h4,6-9,15H,3,5H2,1-2H3. The lowest BCUT2D eigenvalue weighted by atomic mass is 9.80. The van der Waals surface area contributed by atoms with Gasteiger partial charge in [-0.25, -0.2) is 0 Å². The van der Waals surface area contributed by atoms with E-state index in [2.05, 4.69) is 0 Å². The summed E-state index contributed by atoms with van der Waals surface area (Å²) in [5.74, 6) is 0.116. The molecule has 18 heavy (non-hydrogen) atoms. The summed E-state index contributed by atoms with van der Waals surface area (Å²) in [7, 11) is 1.61. The van der Waals surface area contributed by atoms with E-state index in [1.807, 2.05) is 30.3 Å². The van der Waals surface area contributed by atoms with Crippen LogP contribution in [0.1, 0.15) is 25.3 Å². The number of ether oxygens (including phenoxy) is 1. The van der Waals surface area contributed by atoms with Crippen LogP contribution in [-0.2, 0) is 9.59 Å². The summed E-state index contributed by atoms with van der Waals surface area (Å²) < 4.78 is 5.10. The van der Waals surface area contributed by atoms with Gasteiger partial charge in [-0.2, -0.15) is 0 Å². The highest BCUT2D eigenvalue weighted by Crippen LogP contribution is 2.31. The SMILES string of the molecule is COc1ccc(C2=CCCC(=O)C2C(C)=O)cc1. The van der Waals surface area contributed by atoms with Crippen molar-refractivity contribution in [1.29, 1.82) is 0 Å². The molecule has 1 aromatic rings. The zero-order chi connectivity index (χ0) is 13.1. The Balaban J connectivity index is 2.37. The van der Waals surface area contributed by atoms with Crippen LogP contribution < -0.4 is 4.74 Å². The van der Waals surface area contributed by atoms with E-state index in [1.54, 1.807) is 7.11 Å². The van der Waals surface area contributed by atoms with Gasteiger partial charge in [0.25, 0.3) is 0 Å². The lowest BCUT2D eigenvalue weighted by molar-refractivity contribution is -0.129. The third kappa shape index (κ3) is 2.35. The van der Waals surface area contributed by atoms with Crippen molar-refractivity contribution in [3.05, 3.63) is 35.9 Å². The van der Waals surface area contributed by atoms with Crippen molar-refractivity contribution in [3.63, 3.8) is 0 Å². The molecule has 1 aliphatic carbocycles. The normalized spacial score (nSPS) is 19.3. The van der Waals surface area contributed by atoms with Crippen molar-refractivity contribution in [1.82, 2.24) is 0 Å². The number of carbonyl (C=O) groups is 2. The fraction of sp³-hybridized carbons (Fsp3) is 0.333. The molecule has 1 atom stereocenters. The third-order valence-corrected chi connectivity index (χ3v) is 3.22. The van der Waals surface area contributed by atoms with Crippen molar-refractivity contribution in [2.24, 2.45) is 5.92 Å². The molecular weight excluding hydrogens is 228 g/mol. The van der Waals surface area contributed by atoms with Gasteiger partial charge in [0.1, 0.15) is 23.2 Å². The van der Waals surface area contributed by atoms with Gasteiger partial charge in [-0.05, 0) is 36.6 Å². The van der Waals surface area contributed by atoms with Gasteiger partial charge in [0.15, 0.2) is 0 Å². The smallest absolute Gasteiger partial charge is 0.148 e. The minimum absolute atomic E-state index is 0.0239. The topological polar surface area (TPSA) is 43.4 Å². The minimum Gasteiger partial charge on any atom is -0.497 e. The van der Waals surface area contributed by atoms with Crippen molar-refractivity contribution in [3.8, 4) is 5.75 Å². The molecule has 0 aliphatic heterocycles. The number of ketones is 2. The Morgan fingerprint density at radius 3 is 2.50 bits per heavy atom. The minimum atomic E-state index is -0.591. The van der Waals surface area contributed by atoms with Crippen LogP contribution >= 0.6 is 0 Å². The van der Waals surface area contributed by atoms with Crippen LogP contribution in [0, 0.1) is 5.92 Å². The van der Waals surface area contributed by atoms with E-state index in [9.17, 15) is 9.59 Å². The monoisotopic (exact) mass is 244 g/mol. The summed E-state index contributed by atoms with van der Waals surface area (Å²) in [4.78, 5) is 23.5. The van der Waals surface area contributed by atoms with Crippen LogP contribution in [-0.4, -0.2) is 18.7 Å². The lowest BCUT2D eigenvalue weighted by Crippen LogP contribution is -2.25. The van der Waals surface area contributed by atoms with Gasteiger partial charge < -0.3 is 4.74 Å². The van der Waals surface area contributed by atoms with Crippen LogP contribution in [0.4, 0.5) is 0 Å². The molecule has 0 saturated carbocycles. The molecule has 0 spiro atoms. The third-order valence-electron chi connectivity index (χ3n) is 3.22. The molecule has 0 fully saturated rings. The Hall–Kier alpha value is -1.90. The molecule has 1 aromatic carbocycles. The van der Waals surface area contributed by atoms with Gasteiger partial charge in [-0.1, -0.05) is 18.2 Å². The molecule has 3 heteroatoms. The first-order valence-corrected chi connectivity index (χ1v) is 6.01. The predicted octanol–water partition coefficient (Wildman–Crippen LogP) is 2.65.